The van der Waals surface area contributed by atoms with E-state index in [2.05, 4.69) is 39.4 Å². The summed E-state index contributed by atoms with van der Waals surface area (Å²) in [5.74, 6) is 7.14. The molecule has 2 aromatic heterocycles. The van der Waals surface area contributed by atoms with Crippen molar-refractivity contribution in [3.8, 4) is 23.1 Å². The number of nitrogens with zero attached hydrogens (tertiary/aromatic N) is 4. The number of hydrogen-bond acceptors (Lipinski definition) is 8. The van der Waals surface area contributed by atoms with Crippen LogP contribution in [0.15, 0.2) is 79.0 Å². The van der Waals surface area contributed by atoms with Crippen molar-refractivity contribution in [1.29, 1.82) is 0 Å². The van der Waals surface area contributed by atoms with Gasteiger partial charge in [-0.05, 0) is 84.9 Å². The Hall–Kier alpha value is -6.62. The maximum absolute atomic E-state index is 14.1. The standard InChI is InChI=1S/C48H56N8O6/c1-7-48(23-24-48)29-55(44(57)41(30(2)3)53-46(59)61-5)28-40-50-36-22-19-33(26-37(36)51-40)16-15-32-17-20-35(21-18-32)38-27-49-43(52-38)39-14-11-25-56(39)45(58)42(54-47(60)62-6)31(4)34-12-9-8-10-13-34/h8-10,12-13,17-22,26-27,30-31,39,41-42H,7,11,14,23-25,28-29H2,1-6H3,(H,49,52)(H,50,51)(H,53,59)(H,54,60)/t31-,39+,41-,42-/m1/s1. The van der Waals surface area contributed by atoms with Crippen LogP contribution in [0.5, 0.6) is 0 Å². The molecule has 1 aliphatic carbocycles. The van der Waals surface area contributed by atoms with Crippen LogP contribution in [0.3, 0.4) is 0 Å². The summed E-state index contributed by atoms with van der Waals surface area (Å²) in [7, 11) is 2.59. The van der Waals surface area contributed by atoms with Crippen molar-refractivity contribution >= 4 is 35.0 Å². The first kappa shape index (κ1) is 43.5. The Morgan fingerprint density at radius 1 is 0.903 bits per heavy atom. The molecule has 1 saturated heterocycles. The highest BCUT2D eigenvalue weighted by Crippen LogP contribution is 2.49. The SMILES string of the molecule is CCC1(CN(Cc2nc3ccc(C#Cc4ccc(-c5cnc([C@@H]6CCCN6C(=O)[C@H](NC(=O)OC)[C@H](C)c6ccccc6)[nH]5)cc4)cc3[nH]2)C(=O)[C@H](NC(=O)OC)C(C)C)CC1. The maximum atomic E-state index is 14.1. The summed E-state index contributed by atoms with van der Waals surface area (Å²) in [4.78, 5) is 72.5. The number of likely N-dealkylation sites (tertiary alicyclic amines) is 1. The number of fused-ring (bicyclic) bond motifs is 1. The smallest absolute Gasteiger partial charge is 0.407 e. The summed E-state index contributed by atoms with van der Waals surface area (Å²) < 4.78 is 9.70. The number of aromatic amines is 2. The third-order valence-corrected chi connectivity index (χ3v) is 12.4. The van der Waals surface area contributed by atoms with Gasteiger partial charge in [0.15, 0.2) is 0 Å². The monoisotopic (exact) mass is 840 g/mol. The molecule has 14 nitrogen and oxygen atoms in total. The zero-order chi connectivity index (χ0) is 44.0. The molecule has 62 heavy (non-hydrogen) atoms. The molecule has 5 aromatic rings. The minimum Gasteiger partial charge on any atom is -0.453 e. The Bertz CT molecular complexity index is 2450. The number of aromatic nitrogens is 4. The van der Waals surface area contributed by atoms with Gasteiger partial charge in [0, 0.05) is 30.1 Å². The van der Waals surface area contributed by atoms with Crippen molar-refractivity contribution in [3.63, 3.8) is 0 Å². The van der Waals surface area contributed by atoms with E-state index >= 15 is 0 Å². The number of nitrogens with one attached hydrogen (secondary N) is 4. The Morgan fingerprint density at radius 2 is 1.58 bits per heavy atom. The van der Waals surface area contributed by atoms with Crippen LogP contribution in [0, 0.1) is 23.2 Å². The first-order valence-corrected chi connectivity index (χ1v) is 21.4. The van der Waals surface area contributed by atoms with Gasteiger partial charge in [-0.15, -0.1) is 0 Å². The van der Waals surface area contributed by atoms with Gasteiger partial charge in [-0.1, -0.05) is 82.0 Å². The molecule has 7 rings (SSSR count). The van der Waals surface area contributed by atoms with E-state index in [9.17, 15) is 19.2 Å². The number of methoxy groups -OCH3 is 2. The van der Waals surface area contributed by atoms with Gasteiger partial charge in [0.05, 0.1) is 49.7 Å². The van der Waals surface area contributed by atoms with Gasteiger partial charge in [-0.2, -0.15) is 0 Å². The Balaban J connectivity index is 1.02. The molecule has 4 N–H and O–H groups in total. The number of alkyl carbamates (subject to hydrolysis) is 2. The lowest BCUT2D eigenvalue weighted by Gasteiger charge is -2.31. The van der Waals surface area contributed by atoms with Crippen LogP contribution >= 0.6 is 0 Å². The van der Waals surface area contributed by atoms with Gasteiger partial charge in [0.2, 0.25) is 11.8 Å². The summed E-state index contributed by atoms with van der Waals surface area (Å²) in [6.45, 7) is 9.34. The predicted octanol–water partition coefficient (Wildman–Crippen LogP) is 7.44. The summed E-state index contributed by atoms with van der Waals surface area (Å²) in [5, 5.41) is 5.52. The maximum Gasteiger partial charge on any atom is 0.407 e. The van der Waals surface area contributed by atoms with Crippen LogP contribution < -0.4 is 10.6 Å². The van der Waals surface area contributed by atoms with Crippen LogP contribution in [0.2, 0.25) is 0 Å². The van der Waals surface area contributed by atoms with E-state index in [-0.39, 0.29) is 41.7 Å². The number of hydrogen-bond donors (Lipinski definition) is 4. The minimum atomic E-state index is -0.812. The lowest BCUT2D eigenvalue weighted by molar-refractivity contribution is -0.136. The fraction of sp³-hybridized carbons (Fsp3) is 0.417. The van der Waals surface area contributed by atoms with E-state index in [0.717, 1.165) is 71.1 Å². The van der Waals surface area contributed by atoms with E-state index in [0.29, 0.717) is 24.7 Å². The molecule has 3 heterocycles. The zero-order valence-electron chi connectivity index (χ0n) is 36.3. The van der Waals surface area contributed by atoms with Crippen molar-refractivity contribution < 1.29 is 28.7 Å². The lowest BCUT2D eigenvalue weighted by atomic mass is 9.92. The molecule has 0 unspecified atom stereocenters. The number of imidazole rings is 2. The zero-order valence-corrected chi connectivity index (χ0v) is 36.3. The second-order valence-electron chi connectivity index (χ2n) is 16.8. The molecule has 1 saturated carbocycles. The van der Waals surface area contributed by atoms with Gasteiger partial charge in [-0.3, -0.25) is 9.59 Å². The number of rotatable bonds is 14. The van der Waals surface area contributed by atoms with E-state index in [4.69, 9.17) is 19.4 Å². The van der Waals surface area contributed by atoms with E-state index in [1.54, 1.807) is 6.20 Å². The van der Waals surface area contributed by atoms with Crippen molar-refractivity contribution in [2.45, 2.75) is 90.4 Å². The molecular weight excluding hydrogens is 785 g/mol. The summed E-state index contributed by atoms with van der Waals surface area (Å²) in [5.41, 5.74) is 6.02. The van der Waals surface area contributed by atoms with E-state index in [1.807, 2.05) is 103 Å². The fourth-order valence-electron chi connectivity index (χ4n) is 8.27. The van der Waals surface area contributed by atoms with Gasteiger partial charge in [0.1, 0.15) is 23.7 Å². The summed E-state index contributed by atoms with van der Waals surface area (Å²) in [6, 6.07) is 21.6. The summed E-state index contributed by atoms with van der Waals surface area (Å²) >= 11 is 0. The van der Waals surface area contributed by atoms with Gasteiger partial charge < -0.3 is 39.9 Å². The highest BCUT2D eigenvalue weighted by atomic mass is 16.5. The van der Waals surface area contributed by atoms with Crippen molar-refractivity contribution in [2.24, 2.45) is 11.3 Å². The molecule has 4 atom stereocenters. The van der Waals surface area contributed by atoms with Crippen LogP contribution in [0.1, 0.15) is 100 Å². The topological polar surface area (TPSA) is 175 Å². The number of carbonyl (C=O) groups excluding carboxylic acids is 4. The lowest BCUT2D eigenvalue weighted by Crippen LogP contribution is -2.52. The van der Waals surface area contributed by atoms with Gasteiger partial charge in [-0.25, -0.2) is 19.6 Å². The highest BCUT2D eigenvalue weighted by Gasteiger charge is 2.44. The third kappa shape index (κ3) is 9.94. The van der Waals surface area contributed by atoms with Crippen molar-refractivity contribution in [1.82, 2.24) is 40.4 Å². The quantitative estimate of drug-likeness (QED) is 0.0835. The predicted molar refractivity (Wildman–Crippen MR) is 236 cm³/mol. The van der Waals surface area contributed by atoms with Gasteiger partial charge >= 0.3 is 12.2 Å². The molecule has 1 aliphatic heterocycles. The van der Waals surface area contributed by atoms with E-state index < -0.39 is 24.3 Å². The number of H-pyrrole nitrogens is 2. The van der Waals surface area contributed by atoms with Crippen LogP contribution in [-0.2, 0) is 25.6 Å². The Morgan fingerprint density at radius 3 is 2.24 bits per heavy atom. The summed E-state index contributed by atoms with van der Waals surface area (Å²) in [6.07, 6.45) is 5.17. The molecule has 0 spiro atoms. The second-order valence-corrected chi connectivity index (χ2v) is 16.8. The highest BCUT2D eigenvalue weighted by molar-refractivity contribution is 5.88. The average molecular weight is 841 g/mol. The van der Waals surface area contributed by atoms with Crippen molar-refractivity contribution in [3.05, 3.63) is 107 Å². The first-order valence-electron chi connectivity index (χ1n) is 21.4. The number of ether oxygens (including phenoxy) is 2. The van der Waals surface area contributed by atoms with Crippen LogP contribution in [0.25, 0.3) is 22.3 Å². The third-order valence-electron chi connectivity index (χ3n) is 12.4. The molecule has 4 amide bonds. The molecule has 0 radical (unpaired) electrons. The molecule has 3 aromatic carbocycles. The molecular formula is C48H56N8O6. The minimum absolute atomic E-state index is 0.0920. The molecule has 2 aliphatic rings. The molecule has 2 fully saturated rings. The van der Waals surface area contributed by atoms with E-state index in [1.165, 1.54) is 14.2 Å². The first-order chi connectivity index (χ1) is 29.9. The van der Waals surface area contributed by atoms with Crippen molar-refractivity contribution in [2.75, 3.05) is 27.3 Å². The Kier molecular flexibility index (Phi) is 13.3. The Labute approximate surface area is 362 Å². The normalized spacial score (nSPS) is 16.8. The number of carbonyl (C=O) groups is 4. The number of benzene rings is 3. The second kappa shape index (κ2) is 19.0. The van der Waals surface area contributed by atoms with Crippen LogP contribution in [-0.4, -0.2) is 93.1 Å². The molecule has 0 bridgehead atoms. The fourth-order valence-corrected chi connectivity index (χ4v) is 8.27. The molecule has 324 valence electrons. The largest absolute Gasteiger partial charge is 0.453 e. The van der Waals surface area contributed by atoms with Crippen LogP contribution in [0.4, 0.5) is 9.59 Å². The average Bonchev–Trinajstić information content (AvgIpc) is 3.61. The van der Waals surface area contributed by atoms with Gasteiger partial charge in [0.25, 0.3) is 0 Å². The number of amides is 4. The molecule has 14 heteroatoms.